The molecule has 1 unspecified atom stereocenters. The third-order valence-electron chi connectivity index (χ3n) is 6.14. The molecule has 3 aromatic carbocycles. The Hall–Kier alpha value is -3.42. The lowest BCUT2D eigenvalue weighted by molar-refractivity contribution is -0.130. The van der Waals surface area contributed by atoms with E-state index in [0.717, 1.165) is 32.4 Å². The summed E-state index contributed by atoms with van der Waals surface area (Å²) in [5.74, 6) is -0.390. The number of ether oxygens (including phenoxy) is 1. The SMILES string of the molecule is CC(c1ccc(N)cc1)N1C(=O)CO[C@@H]1c1cn(-c2ccc(Br)cc2)cc1-c1ccc(F)cc1. The number of hydrogen-bond donors (Lipinski definition) is 1. The molecule has 5 rings (SSSR count). The third-order valence-corrected chi connectivity index (χ3v) is 6.67. The van der Waals surface area contributed by atoms with Gasteiger partial charge in [-0.25, -0.2) is 4.39 Å². The summed E-state index contributed by atoms with van der Waals surface area (Å²) in [5.41, 5.74) is 11.0. The number of rotatable bonds is 5. The van der Waals surface area contributed by atoms with Crippen molar-refractivity contribution in [1.29, 1.82) is 0 Å². The Morgan fingerprint density at radius 2 is 1.68 bits per heavy atom. The smallest absolute Gasteiger partial charge is 0.251 e. The van der Waals surface area contributed by atoms with Gasteiger partial charge in [0.2, 0.25) is 0 Å². The number of nitrogens with two attached hydrogens (primary N) is 1. The lowest BCUT2D eigenvalue weighted by atomic mass is 10.0. The molecule has 5 nitrogen and oxygen atoms in total. The molecule has 7 heteroatoms. The topological polar surface area (TPSA) is 60.5 Å². The standard InChI is InChI=1S/C27H23BrFN3O2/c1-17(18-4-10-22(30)11-5-18)32-26(33)16-34-27(32)25-15-31(23-12-6-20(28)7-13-23)14-24(25)19-2-8-21(29)9-3-19/h2-15,17,27H,16,30H2,1H3/t17?,27-/m1/s1. The molecule has 1 saturated heterocycles. The molecule has 4 aromatic rings. The van der Waals surface area contributed by atoms with Crippen molar-refractivity contribution in [3.8, 4) is 16.8 Å². The molecule has 1 amide bonds. The van der Waals surface area contributed by atoms with Crippen molar-refractivity contribution in [2.45, 2.75) is 19.2 Å². The monoisotopic (exact) mass is 519 g/mol. The van der Waals surface area contributed by atoms with E-state index in [1.807, 2.05) is 72.4 Å². The van der Waals surface area contributed by atoms with Crippen LogP contribution in [0.25, 0.3) is 16.8 Å². The first kappa shape index (κ1) is 22.4. The van der Waals surface area contributed by atoms with Crippen molar-refractivity contribution < 1.29 is 13.9 Å². The summed E-state index contributed by atoms with van der Waals surface area (Å²) >= 11 is 3.48. The van der Waals surface area contributed by atoms with E-state index in [-0.39, 0.29) is 24.4 Å². The summed E-state index contributed by atoms with van der Waals surface area (Å²) < 4.78 is 22.7. The molecule has 0 saturated carbocycles. The van der Waals surface area contributed by atoms with E-state index in [2.05, 4.69) is 15.9 Å². The van der Waals surface area contributed by atoms with Gasteiger partial charge >= 0.3 is 0 Å². The van der Waals surface area contributed by atoms with Crippen LogP contribution in [0.15, 0.2) is 89.7 Å². The van der Waals surface area contributed by atoms with Gasteiger partial charge in [-0.2, -0.15) is 0 Å². The van der Waals surface area contributed by atoms with Crippen molar-refractivity contribution in [3.05, 3.63) is 107 Å². The van der Waals surface area contributed by atoms with Crippen molar-refractivity contribution >= 4 is 27.5 Å². The van der Waals surface area contributed by atoms with E-state index in [4.69, 9.17) is 10.5 Å². The van der Waals surface area contributed by atoms with Gasteiger partial charge in [0, 0.05) is 39.4 Å². The Bertz CT molecular complexity index is 1320. The maximum Gasteiger partial charge on any atom is 0.251 e. The molecular formula is C27H23BrFN3O2. The maximum atomic E-state index is 13.7. The van der Waals surface area contributed by atoms with Crippen LogP contribution in [0.5, 0.6) is 0 Å². The number of aromatic nitrogens is 1. The lowest BCUT2D eigenvalue weighted by Crippen LogP contribution is -2.31. The number of carbonyl (C=O) groups is 1. The molecule has 34 heavy (non-hydrogen) atoms. The Morgan fingerprint density at radius 1 is 1.00 bits per heavy atom. The predicted octanol–water partition coefficient (Wildman–Crippen LogP) is 6.25. The van der Waals surface area contributed by atoms with Crippen LogP contribution in [-0.4, -0.2) is 22.0 Å². The molecule has 1 aromatic heterocycles. The van der Waals surface area contributed by atoms with Gasteiger partial charge in [-0.05, 0) is 66.6 Å². The normalized spacial score (nSPS) is 16.7. The van der Waals surface area contributed by atoms with Gasteiger partial charge in [-0.1, -0.05) is 40.2 Å². The van der Waals surface area contributed by atoms with Crippen LogP contribution < -0.4 is 5.73 Å². The summed E-state index contributed by atoms with van der Waals surface area (Å²) in [6.45, 7) is 1.98. The first-order valence-electron chi connectivity index (χ1n) is 10.9. The minimum atomic E-state index is -0.586. The molecular weight excluding hydrogens is 497 g/mol. The van der Waals surface area contributed by atoms with Crippen LogP contribution in [0.2, 0.25) is 0 Å². The van der Waals surface area contributed by atoms with Gasteiger partial charge in [0.05, 0.1) is 6.04 Å². The summed E-state index contributed by atoms with van der Waals surface area (Å²) in [4.78, 5) is 14.7. The van der Waals surface area contributed by atoms with Crippen molar-refractivity contribution in [2.24, 2.45) is 0 Å². The number of benzene rings is 3. The zero-order valence-corrected chi connectivity index (χ0v) is 20.1. The second-order valence-electron chi connectivity index (χ2n) is 8.32. The molecule has 2 atom stereocenters. The molecule has 1 fully saturated rings. The summed E-state index contributed by atoms with van der Waals surface area (Å²) in [7, 11) is 0. The Kier molecular flexibility index (Phi) is 5.98. The summed E-state index contributed by atoms with van der Waals surface area (Å²) in [6, 6.07) is 21.6. The molecule has 2 N–H and O–H groups in total. The zero-order chi connectivity index (χ0) is 23.8. The zero-order valence-electron chi connectivity index (χ0n) is 18.5. The fourth-order valence-corrected chi connectivity index (χ4v) is 4.59. The Labute approximate surface area is 205 Å². The van der Waals surface area contributed by atoms with Crippen LogP contribution in [-0.2, 0) is 9.53 Å². The average molecular weight is 520 g/mol. The van der Waals surface area contributed by atoms with E-state index in [1.54, 1.807) is 17.0 Å². The Balaban J connectivity index is 1.60. The molecule has 2 heterocycles. The molecule has 0 spiro atoms. The van der Waals surface area contributed by atoms with Crippen molar-refractivity contribution in [1.82, 2.24) is 9.47 Å². The quantitative estimate of drug-likeness (QED) is 0.317. The van der Waals surface area contributed by atoms with Crippen LogP contribution in [0.4, 0.5) is 10.1 Å². The van der Waals surface area contributed by atoms with Crippen molar-refractivity contribution in [3.63, 3.8) is 0 Å². The minimum Gasteiger partial charge on any atom is -0.399 e. The lowest BCUT2D eigenvalue weighted by Gasteiger charge is -2.30. The van der Waals surface area contributed by atoms with Crippen LogP contribution in [0, 0.1) is 5.82 Å². The maximum absolute atomic E-state index is 13.7. The molecule has 0 bridgehead atoms. The van der Waals surface area contributed by atoms with E-state index in [1.165, 1.54) is 12.1 Å². The first-order chi connectivity index (χ1) is 16.4. The number of nitrogen functional groups attached to an aromatic ring is 1. The molecule has 0 aliphatic carbocycles. The summed E-state index contributed by atoms with van der Waals surface area (Å²) in [6.07, 6.45) is 3.38. The van der Waals surface area contributed by atoms with Crippen LogP contribution >= 0.6 is 15.9 Å². The molecule has 1 aliphatic heterocycles. The van der Waals surface area contributed by atoms with E-state index in [0.29, 0.717) is 5.69 Å². The highest BCUT2D eigenvalue weighted by atomic mass is 79.9. The highest BCUT2D eigenvalue weighted by molar-refractivity contribution is 9.10. The number of anilines is 1. The minimum absolute atomic E-state index is 0.00367. The number of nitrogens with zero attached hydrogens (tertiary/aromatic N) is 2. The predicted molar refractivity (Wildman–Crippen MR) is 134 cm³/mol. The molecule has 172 valence electrons. The van der Waals surface area contributed by atoms with Gasteiger partial charge in [-0.3, -0.25) is 4.79 Å². The Morgan fingerprint density at radius 3 is 2.35 bits per heavy atom. The number of halogens is 2. The van der Waals surface area contributed by atoms with Gasteiger partial charge in [0.25, 0.3) is 5.91 Å². The van der Waals surface area contributed by atoms with Gasteiger partial charge in [-0.15, -0.1) is 0 Å². The fourth-order valence-electron chi connectivity index (χ4n) is 4.33. The van der Waals surface area contributed by atoms with E-state index < -0.39 is 6.23 Å². The largest absolute Gasteiger partial charge is 0.399 e. The van der Waals surface area contributed by atoms with Gasteiger partial charge in [0.15, 0.2) is 6.23 Å². The van der Waals surface area contributed by atoms with Gasteiger partial charge < -0.3 is 19.9 Å². The highest BCUT2D eigenvalue weighted by Crippen LogP contribution is 2.41. The third kappa shape index (κ3) is 4.24. The van der Waals surface area contributed by atoms with Crippen LogP contribution in [0.1, 0.15) is 30.3 Å². The summed E-state index contributed by atoms with van der Waals surface area (Å²) in [5, 5.41) is 0. The number of amides is 1. The van der Waals surface area contributed by atoms with Gasteiger partial charge in [0.1, 0.15) is 12.4 Å². The van der Waals surface area contributed by atoms with E-state index >= 15 is 0 Å². The molecule has 1 aliphatic rings. The van der Waals surface area contributed by atoms with E-state index in [9.17, 15) is 9.18 Å². The second-order valence-corrected chi connectivity index (χ2v) is 9.24. The highest BCUT2D eigenvalue weighted by Gasteiger charge is 2.39. The van der Waals surface area contributed by atoms with Crippen molar-refractivity contribution in [2.75, 3.05) is 12.3 Å². The number of hydrogen-bond acceptors (Lipinski definition) is 3. The average Bonchev–Trinajstić information content (AvgIpc) is 3.44. The first-order valence-corrected chi connectivity index (χ1v) is 11.7. The van der Waals surface area contributed by atoms with Crippen LogP contribution in [0.3, 0.4) is 0 Å². The molecule has 0 radical (unpaired) electrons. The fraction of sp³-hybridized carbons (Fsp3) is 0.148. The number of carbonyl (C=O) groups excluding carboxylic acids is 1. The second kappa shape index (κ2) is 9.08.